The van der Waals surface area contributed by atoms with Gasteiger partial charge in [-0.2, -0.15) is 0 Å². The number of amides is 2. The van der Waals surface area contributed by atoms with Crippen molar-refractivity contribution in [3.63, 3.8) is 0 Å². The molecule has 0 aliphatic rings. The Morgan fingerprint density at radius 3 is 2.41 bits per heavy atom. The van der Waals surface area contributed by atoms with Gasteiger partial charge in [0.2, 0.25) is 0 Å². The lowest BCUT2D eigenvalue weighted by Crippen LogP contribution is -2.35. The molecule has 0 aliphatic heterocycles. The van der Waals surface area contributed by atoms with E-state index in [1.54, 1.807) is 43.5 Å². The minimum absolute atomic E-state index is 0.0446. The molecule has 2 amide bonds. The van der Waals surface area contributed by atoms with E-state index in [-0.39, 0.29) is 18.0 Å². The number of nitrogens with zero attached hydrogens (tertiary/aromatic N) is 1. The zero-order chi connectivity index (χ0) is 25.5. The summed E-state index contributed by atoms with van der Waals surface area (Å²) < 4.78 is 17.9. The molecule has 0 bridgehead atoms. The fraction of sp³-hybridized carbons (Fsp3) is 0.560. The third kappa shape index (κ3) is 7.40. The number of benzene rings is 1. The van der Waals surface area contributed by atoms with Crippen molar-refractivity contribution in [3.05, 3.63) is 34.2 Å². The number of rotatable bonds is 9. The number of anilines is 1. The average Bonchev–Trinajstić information content (AvgIpc) is 2.74. The second-order valence-corrected chi connectivity index (χ2v) is 9.52. The van der Waals surface area contributed by atoms with E-state index in [2.05, 4.69) is 22.3 Å². The zero-order valence-corrected chi connectivity index (χ0v) is 21.2. The van der Waals surface area contributed by atoms with Crippen molar-refractivity contribution in [2.45, 2.75) is 73.1 Å². The van der Waals surface area contributed by atoms with E-state index >= 15 is 0 Å². The Bertz CT molecular complexity index is 1070. The molecule has 1 heterocycles. The number of aromatic nitrogens is 1. The first kappa shape index (κ1) is 27.0. The molecule has 0 saturated heterocycles. The second-order valence-electron chi connectivity index (χ2n) is 9.52. The van der Waals surface area contributed by atoms with E-state index in [0.717, 1.165) is 12.8 Å². The van der Waals surface area contributed by atoms with Crippen LogP contribution in [-0.4, -0.2) is 36.1 Å². The lowest BCUT2D eigenvalue weighted by molar-refractivity contribution is 0.0521. The van der Waals surface area contributed by atoms with Crippen molar-refractivity contribution < 1.29 is 23.8 Å². The number of alkyl carbamates (subject to hydrolysis) is 1. The summed E-state index contributed by atoms with van der Waals surface area (Å²) in [5, 5.41) is 6.40. The second kappa shape index (κ2) is 11.8. The van der Waals surface area contributed by atoms with E-state index in [4.69, 9.17) is 9.47 Å². The summed E-state index contributed by atoms with van der Waals surface area (Å²) in [6.07, 6.45) is 0.554. The van der Waals surface area contributed by atoms with Crippen LogP contribution < -0.4 is 20.9 Å². The number of unbranched alkanes of at least 4 members (excludes halogenated alkanes) is 1. The molecule has 9 nitrogen and oxygen atoms in total. The number of methoxy groups -OCH3 is 1. The molecule has 2 N–H and O–H groups in total. The Morgan fingerprint density at radius 2 is 1.82 bits per heavy atom. The molecule has 0 fully saturated rings. The number of carbonyl (C=O) groups excluding carboxylic acids is 2. The number of ether oxygens (including phenoxy) is 3. The van der Waals surface area contributed by atoms with Crippen molar-refractivity contribution in [1.29, 1.82) is 0 Å². The van der Waals surface area contributed by atoms with Crippen LogP contribution in [0.15, 0.2) is 23.0 Å². The van der Waals surface area contributed by atoms with Gasteiger partial charge in [0.05, 0.1) is 31.3 Å². The van der Waals surface area contributed by atoms with Gasteiger partial charge in [0.15, 0.2) is 0 Å². The minimum Gasteiger partial charge on any atom is -0.491 e. The van der Waals surface area contributed by atoms with Gasteiger partial charge in [-0.3, -0.25) is 10.1 Å². The van der Waals surface area contributed by atoms with Gasteiger partial charge < -0.3 is 24.1 Å². The standard InChI is InChI=1S/C25H37N3O6/c1-8-9-12-33-21-19-13-17(27-24(31)32-7)10-11-18(19)22(29)28(15-16(2)3)20(21)14-26-23(30)34-25(4,5)6/h10-11,13,16H,8-9,12,14-15H2,1-7H3,(H,26,30)(H,27,31). The molecule has 2 rings (SSSR count). The quantitative estimate of drug-likeness (QED) is 0.492. The van der Waals surface area contributed by atoms with Crippen LogP contribution in [-0.2, 0) is 22.6 Å². The lowest BCUT2D eigenvalue weighted by atomic mass is 10.1. The van der Waals surface area contributed by atoms with Crippen molar-refractivity contribution in [2.24, 2.45) is 5.92 Å². The predicted octanol–water partition coefficient (Wildman–Crippen LogP) is 5.04. The Hall–Kier alpha value is -3.23. The molecule has 0 saturated carbocycles. The van der Waals surface area contributed by atoms with E-state index in [1.165, 1.54) is 7.11 Å². The minimum atomic E-state index is -0.653. The molecule has 188 valence electrons. The summed E-state index contributed by atoms with van der Waals surface area (Å²) >= 11 is 0. The maximum atomic E-state index is 13.5. The number of hydrogen-bond acceptors (Lipinski definition) is 6. The molecular weight excluding hydrogens is 438 g/mol. The van der Waals surface area contributed by atoms with E-state index in [9.17, 15) is 14.4 Å². The van der Waals surface area contributed by atoms with Crippen molar-refractivity contribution >= 4 is 28.6 Å². The first-order valence-corrected chi connectivity index (χ1v) is 11.6. The summed E-state index contributed by atoms with van der Waals surface area (Å²) in [6, 6.07) is 5.00. The van der Waals surface area contributed by atoms with E-state index < -0.39 is 17.8 Å². The molecule has 0 spiro atoms. The fourth-order valence-corrected chi connectivity index (χ4v) is 3.39. The third-order valence-electron chi connectivity index (χ3n) is 4.85. The summed E-state index contributed by atoms with van der Waals surface area (Å²) in [7, 11) is 1.28. The molecule has 34 heavy (non-hydrogen) atoms. The Morgan fingerprint density at radius 1 is 1.12 bits per heavy atom. The normalized spacial score (nSPS) is 11.4. The monoisotopic (exact) mass is 475 g/mol. The zero-order valence-electron chi connectivity index (χ0n) is 21.2. The molecule has 0 unspecified atom stereocenters. The van der Waals surface area contributed by atoms with Crippen LogP contribution in [0.5, 0.6) is 5.75 Å². The van der Waals surface area contributed by atoms with Crippen LogP contribution in [0.3, 0.4) is 0 Å². The summed E-state index contributed by atoms with van der Waals surface area (Å²) in [5.74, 6) is 0.674. The van der Waals surface area contributed by atoms with E-state index in [1.807, 2.05) is 13.8 Å². The smallest absolute Gasteiger partial charge is 0.411 e. The SMILES string of the molecule is CCCCOc1c(CNC(=O)OC(C)(C)C)n(CC(C)C)c(=O)c2ccc(NC(=O)OC)cc12. The van der Waals surface area contributed by atoms with Crippen LogP contribution in [0, 0.1) is 5.92 Å². The van der Waals surface area contributed by atoms with Crippen LogP contribution in [0.1, 0.15) is 60.1 Å². The maximum Gasteiger partial charge on any atom is 0.411 e. The molecule has 1 aromatic carbocycles. The van der Waals surface area contributed by atoms with Crippen molar-refractivity contribution in [2.75, 3.05) is 19.0 Å². The largest absolute Gasteiger partial charge is 0.491 e. The van der Waals surface area contributed by atoms with Gasteiger partial charge in [0, 0.05) is 17.6 Å². The lowest BCUT2D eigenvalue weighted by Gasteiger charge is -2.23. The van der Waals surface area contributed by atoms with Crippen LogP contribution in [0.4, 0.5) is 15.3 Å². The Balaban J connectivity index is 2.66. The molecule has 0 aliphatic carbocycles. The first-order valence-electron chi connectivity index (χ1n) is 11.6. The fourth-order valence-electron chi connectivity index (χ4n) is 3.39. The summed E-state index contributed by atoms with van der Waals surface area (Å²) in [6.45, 7) is 12.4. The molecule has 9 heteroatoms. The molecular formula is C25H37N3O6. The third-order valence-corrected chi connectivity index (χ3v) is 4.85. The number of hydrogen-bond donors (Lipinski definition) is 2. The van der Waals surface area contributed by atoms with E-state index in [0.29, 0.717) is 41.1 Å². The number of carbonyl (C=O) groups is 2. The Kier molecular flexibility index (Phi) is 9.35. The van der Waals surface area contributed by atoms with Crippen molar-refractivity contribution in [1.82, 2.24) is 9.88 Å². The highest BCUT2D eigenvalue weighted by Crippen LogP contribution is 2.31. The number of pyridine rings is 1. The van der Waals surface area contributed by atoms with Gasteiger partial charge >= 0.3 is 12.2 Å². The molecule has 0 atom stereocenters. The highest BCUT2D eigenvalue weighted by Gasteiger charge is 2.22. The molecule has 2 aromatic rings. The Labute approximate surface area is 200 Å². The molecule has 0 radical (unpaired) electrons. The van der Waals surface area contributed by atoms with Crippen molar-refractivity contribution in [3.8, 4) is 5.75 Å². The summed E-state index contributed by atoms with van der Waals surface area (Å²) in [4.78, 5) is 37.6. The number of fused-ring (bicyclic) bond motifs is 1. The topological polar surface area (TPSA) is 108 Å². The summed E-state index contributed by atoms with van der Waals surface area (Å²) in [5.41, 5.74) is 0.160. The van der Waals surface area contributed by atoms with Crippen LogP contribution in [0.25, 0.3) is 10.8 Å². The predicted molar refractivity (Wildman–Crippen MR) is 133 cm³/mol. The van der Waals surface area contributed by atoms with Gasteiger partial charge in [-0.25, -0.2) is 9.59 Å². The number of nitrogens with one attached hydrogen (secondary N) is 2. The molecule has 1 aromatic heterocycles. The van der Waals surface area contributed by atoms with Gasteiger partial charge in [-0.1, -0.05) is 27.2 Å². The van der Waals surface area contributed by atoms with Crippen LogP contribution >= 0.6 is 0 Å². The van der Waals surface area contributed by atoms with Gasteiger partial charge in [0.1, 0.15) is 11.4 Å². The van der Waals surface area contributed by atoms with Gasteiger partial charge in [-0.05, 0) is 51.3 Å². The van der Waals surface area contributed by atoms with Crippen LogP contribution in [0.2, 0.25) is 0 Å². The highest BCUT2D eigenvalue weighted by molar-refractivity contribution is 5.94. The van der Waals surface area contributed by atoms with Gasteiger partial charge in [0.25, 0.3) is 5.56 Å². The first-order chi connectivity index (χ1) is 16.0. The van der Waals surface area contributed by atoms with Gasteiger partial charge in [-0.15, -0.1) is 0 Å². The average molecular weight is 476 g/mol. The highest BCUT2D eigenvalue weighted by atomic mass is 16.6. The maximum absolute atomic E-state index is 13.5.